The highest BCUT2D eigenvalue weighted by Crippen LogP contribution is 2.74. The molecule has 35 nitrogen and oxygen atoms in total. The molecule has 2 aromatic carbocycles. The molecule has 6 aliphatic heterocycles. The van der Waals surface area contributed by atoms with Crippen molar-refractivity contribution in [1.82, 2.24) is 39.0 Å². The van der Waals surface area contributed by atoms with E-state index in [1.165, 1.54) is 48.7 Å². The second-order valence-corrected chi connectivity index (χ2v) is 31.8. The van der Waals surface area contributed by atoms with Crippen molar-refractivity contribution in [3.8, 4) is 23.0 Å². The van der Waals surface area contributed by atoms with Crippen LogP contribution < -0.4 is 20.9 Å². The molecule has 0 amide bonds. The van der Waals surface area contributed by atoms with Crippen molar-refractivity contribution in [3.05, 3.63) is 69.8 Å². The predicted octanol–water partition coefficient (Wildman–Crippen LogP) is 5.29. The number of nitrogens with zero attached hydrogens (tertiary/aromatic N) is 8. The summed E-state index contributed by atoms with van der Waals surface area (Å²) in [6.07, 6.45) is -4.18. The maximum atomic E-state index is 15.7. The Morgan fingerprint density at radius 2 is 0.978 bits per heavy atom. The van der Waals surface area contributed by atoms with Crippen LogP contribution in [0.5, 0.6) is 23.0 Å². The SMILES string of the molecule is COc1c(C)c2c(c(O)c1CCOP(=O)(CP(=O)(O)OC[C@H]1O[C@@H](n3cnc4c(N)ncnc43)[C@@H]3OC(C)(C)O[C@@H]31)OP(=O)(CP(=O)(O)OC[C@H]1O[C@@H](n3cnc4c(N)ncnc43)[C@@H]3OC(C)(C)O[C@@H]31)OCCc1c(O)c3c(c(C)c1OC)COC3=O)C(=O)OC2. The van der Waals surface area contributed by atoms with Gasteiger partial charge in [0.2, 0.25) is 0 Å². The summed E-state index contributed by atoms with van der Waals surface area (Å²) in [5, 5.41) is 23.0. The molecule has 4 aromatic heterocycles. The molecule has 0 aliphatic carbocycles. The Balaban J connectivity index is 0.855. The van der Waals surface area contributed by atoms with E-state index in [1.807, 2.05) is 0 Å². The van der Waals surface area contributed by atoms with Crippen LogP contribution in [-0.4, -0.2) is 172 Å². The number of methoxy groups -OCH3 is 2. The summed E-state index contributed by atoms with van der Waals surface area (Å²) >= 11 is 0. The van der Waals surface area contributed by atoms with E-state index >= 15 is 9.13 Å². The van der Waals surface area contributed by atoms with Crippen molar-refractivity contribution in [1.29, 1.82) is 0 Å². The number of cyclic esters (lactones) is 2. The lowest BCUT2D eigenvalue weighted by molar-refractivity contribution is -0.199. The number of phenols is 2. The number of aromatic nitrogens is 8. The Bertz CT molecular complexity index is 3870. The number of fused-ring (bicyclic) bond motifs is 6. The fourth-order valence-electron chi connectivity index (χ4n) is 12.1. The molecule has 4 unspecified atom stereocenters. The number of nitrogens with two attached hydrogens (primary N) is 2. The molecule has 39 heteroatoms. The first-order valence-corrected chi connectivity index (χ1v) is 35.1. The van der Waals surface area contributed by atoms with Gasteiger partial charge in [0.15, 0.2) is 58.8 Å². The van der Waals surface area contributed by atoms with Crippen LogP contribution in [-0.2, 0) is 105 Å². The van der Waals surface area contributed by atoms with Gasteiger partial charge >= 0.3 is 42.3 Å². The van der Waals surface area contributed by atoms with E-state index in [-0.39, 0.29) is 80.9 Å². The molecule has 0 spiro atoms. The summed E-state index contributed by atoms with van der Waals surface area (Å²) in [5.41, 5.74) is 14.0. The number of hydrogen-bond acceptors (Lipinski definition) is 31. The van der Waals surface area contributed by atoms with Crippen molar-refractivity contribution in [2.45, 2.75) is 128 Å². The van der Waals surface area contributed by atoms with Crippen molar-refractivity contribution >= 4 is 76.3 Å². The van der Waals surface area contributed by atoms with Crippen LogP contribution in [0.15, 0.2) is 25.3 Å². The summed E-state index contributed by atoms with van der Waals surface area (Å²) in [6.45, 7) is 6.04. The lowest BCUT2D eigenvalue weighted by Crippen LogP contribution is -2.32. The number of esters is 2. The number of ether oxygens (including phenoxy) is 10. The summed E-state index contributed by atoms with van der Waals surface area (Å²) in [5.74, 6) is -8.44. The Morgan fingerprint density at radius 3 is 1.36 bits per heavy atom. The molecule has 91 heavy (non-hydrogen) atoms. The van der Waals surface area contributed by atoms with Crippen molar-refractivity contribution in [3.63, 3.8) is 0 Å². The molecule has 12 rings (SSSR count). The minimum atomic E-state index is -5.63. The van der Waals surface area contributed by atoms with Crippen LogP contribution in [0.25, 0.3) is 22.3 Å². The van der Waals surface area contributed by atoms with Crippen LogP contribution >= 0.6 is 30.4 Å². The number of aromatic hydroxyl groups is 2. The Hall–Kier alpha value is -6.32. The second kappa shape index (κ2) is 23.9. The smallest absolute Gasteiger partial charge is 0.349 e. The monoisotopic (exact) mass is 1350 g/mol. The van der Waals surface area contributed by atoms with Gasteiger partial charge in [0.25, 0.3) is 0 Å². The first-order chi connectivity index (χ1) is 42.9. The standard InChI is InChI=1S/C52H64N10O25P4/c1-23-27-13-75-49(65)31(27)35(63)25(37(23)73-7)9-11-77-90(71,21-88(67,68)79-15-29-39-41(85-51(3,4)83-39)47(81-29)61-19-59-33-43(53)55-17-57-45(33)61)87-91(72,78-12-10-26-36(64)32-28(14-76-50(32)66)24(2)38(26)74-8)22-89(69,70)80-16-30-40-42(86-52(5,6)84-40)48(82-30)62-20-60-34-44(54)56-18-58-46(34)62/h17-20,29-30,39-42,47-48,63-64H,9-16,21-22H2,1-8H3,(H,67,68)(H,69,70)(H2,53,55,57)(H2,54,56,58)/t29-,30-,39-,40-,41-,42-,47-,48-,90?,91?/m1/s1. The van der Waals surface area contributed by atoms with Gasteiger partial charge in [0.05, 0.1) is 53.3 Å². The number of benzene rings is 2. The summed E-state index contributed by atoms with van der Waals surface area (Å²) in [7, 11) is -19.6. The van der Waals surface area contributed by atoms with Crippen LogP contribution in [0, 0.1) is 13.8 Å². The molecule has 6 aliphatic rings. The highest BCUT2D eigenvalue weighted by Gasteiger charge is 2.59. The van der Waals surface area contributed by atoms with E-state index in [2.05, 4.69) is 29.9 Å². The van der Waals surface area contributed by atoms with Gasteiger partial charge in [-0.3, -0.25) is 27.4 Å². The van der Waals surface area contributed by atoms with Gasteiger partial charge in [0, 0.05) is 35.1 Å². The van der Waals surface area contributed by atoms with Crippen LogP contribution in [0.3, 0.4) is 0 Å². The van der Waals surface area contributed by atoms with Gasteiger partial charge in [-0.2, -0.15) is 0 Å². The van der Waals surface area contributed by atoms with E-state index < -0.39 is 166 Å². The van der Waals surface area contributed by atoms with Crippen LogP contribution in [0.1, 0.15) is 94.2 Å². The number of carbonyl (C=O) groups is 2. The molecule has 4 fully saturated rings. The number of imidazole rings is 2. The lowest BCUT2D eigenvalue weighted by Gasteiger charge is -2.28. The third-order valence-electron chi connectivity index (χ3n) is 16.0. The first-order valence-electron chi connectivity index (χ1n) is 28.1. The molecular weight excluding hydrogens is 1290 g/mol. The fraction of sp³-hybridized carbons (Fsp3) is 0.538. The quantitative estimate of drug-likeness (QED) is 0.0331. The largest absolute Gasteiger partial charge is 0.507 e. The van der Waals surface area contributed by atoms with Crippen molar-refractivity contribution < 1.29 is 118 Å². The number of carbonyl (C=O) groups excluding carboxylic acids is 2. The number of rotatable bonds is 24. The van der Waals surface area contributed by atoms with Gasteiger partial charge < -0.3 is 96.9 Å². The van der Waals surface area contributed by atoms with Gasteiger partial charge in [-0.05, 0) is 52.7 Å². The molecule has 0 saturated carbocycles. The lowest BCUT2D eigenvalue weighted by atomic mass is 9.95. The predicted molar refractivity (Wildman–Crippen MR) is 309 cm³/mol. The minimum Gasteiger partial charge on any atom is -0.507 e. The van der Waals surface area contributed by atoms with Gasteiger partial charge in [-0.25, -0.2) is 43.8 Å². The topological polar surface area (TPSA) is 461 Å². The summed E-state index contributed by atoms with van der Waals surface area (Å²) < 4.78 is 152. The summed E-state index contributed by atoms with van der Waals surface area (Å²) in [4.78, 5) is 74.6. The molecule has 0 radical (unpaired) electrons. The third-order valence-corrected chi connectivity index (χ3v) is 25.9. The second-order valence-electron chi connectivity index (χ2n) is 22.9. The molecule has 4 saturated heterocycles. The number of nitrogen functional groups attached to an aromatic ring is 2. The zero-order valence-electron chi connectivity index (χ0n) is 49.9. The highest BCUT2D eigenvalue weighted by molar-refractivity contribution is 7.79. The maximum absolute atomic E-state index is 15.7. The third kappa shape index (κ3) is 12.2. The number of anilines is 2. The van der Waals surface area contributed by atoms with E-state index in [0.717, 1.165) is 0 Å². The van der Waals surface area contributed by atoms with Crippen LogP contribution in [0.4, 0.5) is 11.6 Å². The van der Waals surface area contributed by atoms with Gasteiger partial charge in [-0.15, -0.1) is 0 Å². The minimum absolute atomic E-state index is 0.0549. The molecular formula is C52H64N10O25P4. The summed E-state index contributed by atoms with van der Waals surface area (Å²) in [6, 6.07) is 0. The van der Waals surface area contributed by atoms with Crippen LogP contribution in [0.2, 0.25) is 0 Å². The Labute approximate surface area is 516 Å². The number of phenolic OH excluding ortho intramolecular Hbond substituents is 2. The van der Waals surface area contributed by atoms with Crippen molar-refractivity contribution in [2.24, 2.45) is 0 Å². The number of hydrogen-bond donors (Lipinski definition) is 6. The highest BCUT2D eigenvalue weighted by atomic mass is 31.3. The van der Waals surface area contributed by atoms with E-state index in [4.69, 9.17) is 81.2 Å². The molecule has 8 N–H and O–H groups in total. The average Bonchev–Trinajstić information content (AvgIpc) is 1.68. The Kier molecular flexibility index (Phi) is 17.0. The van der Waals surface area contributed by atoms with Gasteiger partial charge in [-0.1, -0.05) is 0 Å². The Morgan fingerprint density at radius 1 is 0.593 bits per heavy atom. The van der Waals surface area contributed by atoms with Gasteiger partial charge in [0.1, 0.15) is 108 Å². The normalized spacial score (nSPS) is 26.4. The zero-order valence-corrected chi connectivity index (χ0v) is 53.5. The molecule has 0 bridgehead atoms. The fourth-order valence-corrected chi connectivity index (χ4v) is 21.7. The average molecular weight is 1350 g/mol. The molecule has 6 aromatic rings. The zero-order chi connectivity index (χ0) is 65.1. The van der Waals surface area contributed by atoms with E-state index in [9.17, 15) is 38.7 Å². The van der Waals surface area contributed by atoms with E-state index in [1.54, 1.807) is 41.5 Å². The molecule has 492 valence electrons. The molecule has 10 heterocycles. The van der Waals surface area contributed by atoms with E-state index in [0.29, 0.717) is 22.3 Å². The molecule has 12 atom stereocenters. The van der Waals surface area contributed by atoms with Crippen molar-refractivity contribution in [2.75, 3.05) is 63.9 Å². The maximum Gasteiger partial charge on any atom is 0.349 e. The first kappa shape index (κ1) is 64.8.